The molecule has 1 rings (SSSR count). The van der Waals surface area contributed by atoms with Crippen LogP contribution in [0, 0.1) is 0 Å². The molecular formula is C15H17I2N2O3-. The second kappa shape index (κ2) is 10.7. The van der Waals surface area contributed by atoms with E-state index < -0.39 is 17.2 Å². The van der Waals surface area contributed by atoms with E-state index in [1.54, 1.807) is 24.3 Å². The summed E-state index contributed by atoms with van der Waals surface area (Å²) in [5.41, 5.74) is 1.49. The van der Waals surface area contributed by atoms with Crippen molar-refractivity contribution < 1.29 is 31.6 Å². The molecule has 0 saturated carbocycles. The zero-order chi connectivity index (χ0) is 16.4. The van der Waals surface area contributed by atoms with Crippen LogP contribution in [0.5, 0.6) is 0 Å². The van der Waals surface area contributed by atoms with E-state index in [9.17, 15) is 14.4 Å². The maximum absolute atomic E-state index is 11.9. The summed E-state index contributed by atoms with van der Waals surface area (Å²) in [6.07, 6.45) is 11.0. The average molecular weight is 527 g/mol. The molecule has 0 atom stereocenters. The van der Waals surface area contributed by atoms with Gasteiger partial charge in [-0.1, -0.05) is 0 Å². The Morgan fingerprint density at radius 1 is 1.14 bits per heavy atom. The van der Waals surface area contributed by atoms with Gasteiger partial charge in [-0.15, -0.1) is 0 Å². The molecule has 1 aliphatic carbocycles. The monoisotopic (exact) mass is 527 g/mol. The molecule has 0 bridgehead atoms. The van der Waals surface area contributed by atoms with E-state index in [4.69, 9.17) is 0 Å². The molecule has 0 unspecified atom stereocenters. The SMILES string of the molecule is CC(=O)CCNC(=O)C1=C/C=C\C(CNC(=O)[I-]I)=C/C=C\1. The van der Waals surface area contributed by atoms with Gasteiger partial charge >= 0.3 is 133 Å². The normalized spacial score (nSPS) is 21.4. The molecule has 0 aliphatic heterocycles. The van der Waals surface area contributed by atoms with E-state index in [1.807, 2.05) is 12.2 Å². The molecule has 22 heavy (non-hydrogen) atoms. The molecule has 120 valence electrons. The third-order valence-electron chi connectivity index (χ3n) is 2.69. The second-order valence-corrected chi connectivity index (χ2v) is 8.61. The summed E-state index contributed by atoms with van der Waals surface area (Å²) in [7, 11) is 0. The minimum atomic E-state index is -0.462. The topological polar surface area (TPSA) is 75.3 Å². The first-order chi connectivity index (χ1) is 10.5. The Labute approximate surface area is 149 Å². The molecule has 0 aromatic carbocycles. The summed E-state index contributed by atoms with van der Waals surface area (Å²) in [4.78, 5) is 34.0. The third kappa shape index (κ3) is 7.87. The molecule has 0 radical (unpaired) electrons. The molecule has 2 amide bonds. The van der Waals surface area contributed by atoms with Gasteiger partial charge < -0.3 is 0 Å². The first kappa shape index (κ1) is 19.1. The zero-order valence-corrected chi connectivity index (χ0v) is 16.4. The van der Waals surface area contributed by atoms with Gasteiger partial charge in [0.1, 0.15) is 5.78 Å². The van der Waals surface area contributed by atoms with E-state index in [1.165, 1.54) is 6.92 Å². The number of carbonyl (C=O) groups excluding carboxylic acids is 3. The van der Waals surface area contributed by atoms with Crippen molar-refractivity contribution in [2.45, 2.75) is 13.3 Å². The van der Waals surface area contributed by atoms with Crippen molar-refractivity contribution in [3.05, 3.63) is 47.6 Å². The van der Waals surface area contributed by atoms with Gasteiger partial charge in [-0.05, 0) is 6.92 Å². The average Bonchev–Trinajstić information content (AvgIpc) is 2.45. The Hall–Kier alpha value is -0.970. The number of carbonyl (C=O) groups is 3. The molecule has 0 saturated heterocycles. The fourth-order valence-electron chi connectivity index (χ4n) is 1.58. The number of ketones is 1. The van der Waals surface area contributed by atoms with Crippen LogP contribution in [0.25, 0.3) is 0 Å². The molecule has 0 heterocycles. The van der Waals surface area contributed by atoms with Gasteiger partial charge in [-0.2, -0.15) is 0 Å². The molecule has 0 spiro atoms. The van der Waals surface area contributed by atoms with Crippen LogP contribution in [0.4, 0.5) is 4.79 Å². The third-order valence-corrected chi connectivity index (χ3v) is 5.93. The first-order valence-electron chi connectivity index (χ1n) is 6.60. The maximum atomic E-state index is 11.9. The van der Waals surface area contributed by atoms with Crippen molar-refractivity contribution in [3.8, 4) is 0 Å². The van der Waals surface area contributed by atoms with Crippen molar-refractivity contribution in [1.82, 2.24) is 10.6 Å². The van der Waals surface area contributed by atoms with Crippen molar-refractivity contribution in [2.75, 3.05) is 13.1 Å². The van der Waals surface area contributed by atoms with Crippen molar-refractivity contribution in [1.29, 1.82) is 0 Å². The minimum absolute atomic E-state index is 0.0472. The number of halogens is 2. The van der Waals surface area contributed by atoms with Gasteiger partial charge in [0.15, 0.2) is 0 Å². The van der Waals surface area contributed by atoms with Crippen molar-refractivity contribution >= 4 is 34.2 Å². The van der Waals surface area contributed by atoms with Crippen LogP contribution in [0.3, 0.4) is 0 Å². The van der Waals surface area contributed by atoms with Gasteiger partial charge in [0.25, 0.3) is 0 Å². The van der Waals surface area contributed by atoms with Gasteiger partial charge in [0, 0.05) is 0 Å². The fraction of sp³-hybridized carbons (Fsp3) is 0.267. The van der Waals surface area contributed by atoms with Gasteiger partial charge in [0.05, 0.1) is 0 Å². The van der Waals surface area contributed by atoms with Crippen LogP contribution in [0.15, 0.2) is 47.6 Å². The Morgan fingerprint density at radius 2 is 1.86 bits per heavy atom. The van der Waals surface area contributed by atoms with Gasteiger partial charge in [-0.25, -0.2) is 0 Å². The summed E-state index contributed by atoms with van der Waals surface area (Å²) in [6.45, 7) is 2.32. The predicted octanol–water partition coefficient (Wildman–Crippen LogP) is -0.791. The molecule has 0 fully saturated rings. The Morgan fingerprint density at radius 3 is 2.55 bits per heavy atom. The quantitative estimate of drug-likeness (QED) is 0.259. The number of Topliss-reactive ketones (excluding diaryl/α,β-unsaturated/α-hetero) is 1. The second-order valence-electron chi connectivity index (χ2n) is 4.49. The Bertz CT molecular complexity index is 563. The standard InChI is InChI=1S/C15H17I2N2O3/c1-11(20)8-9-18-14(21)13-6-2-4-12(5-3-7-13)10-19-15(22)17-16/h2-7H,8-10H2,1H3,(H,18,21)(H,19,22)/q-1/b4-2-,5-3?,6-2?,7-3-,12-4?,12-5+,13-6+,13-7?. The predicted molar refractivity (Wildman–Crippen MR) is 90.2 cm³/mol. The van der Waals surface area contributed by atoms with E-state index in [0.717, 1.165) is 5.57 Å². The molecule has 0 aromatic rings. The number of allylic oxidation sites excluding steroid dienone is 4. The summed E-state index contributed by atoms with van der Waals surface area (Å²) < 4.78 is 0.0980. The number of hydrogen-bond acceptors (Lipinski definition) is 3. The van der Waals surface area contributed by atoms with E-state index in [2.05, 4.69) is 29.2 Å². The Kier molecular flexibility index (Phi) is 9.28. The summed E-state index contributed by atoms with van der Waals surface area (Å²) in [5, 5.41) is 5.54. The summed E-state index contributed by atoms with van der Waals surface area (Å²) in [5.74, 6) is -0.159. The molecule has 2 N–H and O–H groups in total. The van der Waals surface area contributed by atoms with Crippen LogP contribution in [0.1, 0.15) is 13.3 Å². The Balaban J connectivity index is 2.54. The summed E-state index contributed by atoms with van der Waals surface area (Å²) >= 11 is 1.66. The van der Waals surface area contributed by atoms with Crippen LogP contribution >= 0.6 is 18.6 Å². The number of nitrogens with one attached hydrogen (secondary N) is 2. The molecule has 0 aromatic heterocycles. The van der Waals surface area contributed by atoms with Crippen LogP contribution in [-0.4, -0.2) is 28.7 Å². The molecule has 7 heteroatoms. The number of rotatable bonds is 7. The van der Waals surface area contributed by atoms with Crippen LogP contribution < -0.4 is 27.9 Å². The van der Waals surface area contributed by atoms with Gasteiger partial charge in [-0.3, -0.25) is 4.79 Å². The zero-order valence-electron chi connectivity index (χ0n) is 12.1. The van der Waals surface area contributed by atoms with Crippen LogP contribution in [0.2, 0.25) is 0 Å². The van der Waals surface area contributed by atoms with Crippen molar-refractivity contribution in [2.24, 2.45) is 0 Å². The molecular weight excluding hydrogens is 510 g/mol. The summed E-state index contributed by atoms with van der Waals surface area (Å²) in [6, 6.07) is 0. The number of amides is 2. The van der Waals surface area contributed by atoms with E-state index >= 15 is 0 Å². The molecule has 5 nitrogen and oxygen atoms in total. The van der Waals surface area contributed by atoms with Gasteiger partial charge in [0.2, 0.25) is 0 Å². The van der Waals surface area contributed by atoms with E-state index in [-0.39, 0.29) is 15.6 Å². The first-order valence-corrected chi connectivity index (χ1v) is 14.0. The van der Waals surface area contributed by atoms with E-state index in [0.29, 0.717) is 25.1 Å². The number of hydrogen-bond donors (Lipinski definition) is 2. The molecule has 1 aliphatic rings. The van der Waals surface area contributed by atoms with Crippen molar-refractivity contribution in [3.63, 3.8) is 0 Å². The van der Waals surface area contributed by atoms with Crippen LogP contribution in [-0.2, 0) is 9.59 Å². The fourth-order valence-corrected chi connectivity index (χ4v) is 2.88.